The van der Waals surface area contributed by atoms with E-state index in [-0.39, 0.29) is 6.61 Å². The lowest BCUT2D eigenvalue weighted by Gasteiger charge is -1.83. The van der Waals surface area contributed by atoms with E-state index in [4.69, 9.17) is 5.11 Å². The summed E-state index contributed by atoms with van der Waals surface area (Å²) in [6.45, 7) is 4.03. The topological polar surface area (TPSA) is 38.0 Å². The predicted molar refractivity (Wildman–Crippen MR) is 40.5 cm³/mol. The Morgan fingerprint density at radius 1 is 1.60 bits per heavy atom. The summed E-state index contributed by atoms with van der Waals surface area (Å²) in [5.74, 6) is 0. The minimum atomic E-state index is 0.0286. The molecule has 1 aromatic rings. The molecule has 0 saturated heterocycles. The van der Waals surface area contributed by atoms with Crippen LogP contribution in [0.5, 0.6) is 0 Å². The van der Waals surface area contributed by atoms with Gasteiger partial charge < -0.3 is 5.11 Å². The summed E-state index contributed by atoms with van der Waals surface area (Å²) >= 11 is 0. The molecule has 0 bridgehead atoms. The molecule has 0 fully saturated rings. The van der Waals surface area contributed by atoms with Gasteiger partial charge in [-0.2, -0.15) is 5.10 Å². The molecule has 3 nitrogen and oxygen atoms in total. The molecule has 0 unspecified atom stereocenters. The van der Waals surface area contributed by atoms with Gasteiger partial charge in [-0.15, -0.1) is 0 Å². The first-order valence-electron chi connectivity index (χ1n) is 3.42. The predicted octanol–water partition coefficient (Wildman–Crippen LogP) is 0.939. The lowest BCUT2D eigenvalue weighted by atomic mass is 10.5. The number of aliphatic hydroxyl groups is 1. The van der Waals surface area contributed by atoms with Crippen molar-refractivity contribution in [3.63, 3.8) is 0 Å². The minimum Gasteiger partial charge on any atom is -0.390 e. The first-order chi connectivity index (χ1) is 4.83. The molecule has 0 amide bonds. The lowest BCUT2D eigenvalue weighted by molar-refractivity contribution is 0.275. The van der Waals surface area contributed by atoms with Crippen LogP contribution < -0.4 is 0 Å². The quantitative estimate of drug-likeness (QED) is 0.633. The fourth-order valence-corrected chi connectivity index (χ4v) is 0.548. The second kappa shape index (κ2) is 4.99. The summed E-state index contributed by atoms with van der Waals surface area (Å²) in [4.78, 5) is 0. The van der Waals surface area contributed by atoms with Gasteiger partial charge in [0.25, 0.3) is 0 Å². The number of nitrogens with zero attached hydrogens (tertiary/aromatic N) is 2. The molecular formula is C7H14N2O. The largest absolute Gasteiger partial charge is 0.390 e. The van der Waals surface area contributed by atoms with Gasteiger partial charge in [0.15, 0.2) is 0 Å². The fourth-order valence-electron chi connectivity index (χ4n) is 0.548. The standard InChI is InChI=1S/C5H8N2O.C2H6/c1-7-3-2-5(4-8)6-7;1-2/h2-3,8H,4H2,1H3;1-2H3. The van der Waals surface area contributed by atoms with E-state index in [9.17, 15) is 0 Å². The molecule has 0 aliphatic carbocycles. The van der Waals surface area contributed by atoms with Crippen LogP contribution in [0.3, 0.4) is 0 Å². The van der Waals surface area contributed by atoms with E-state index in [0.717, 1.165) is 0 Å². The van der Waals surface area contributed by atoms with Crippen LogP contribution in [0.1, 0.15) is 19.5 Å². The molecule has 0 radical (unpaired) electrons. The van der Waals surface area contributed by atoms with Gasteiger partial charge in [-0.1, -0.05) is 13.8 Å². The molecule has 0 atom stereocenters. The number of aromatic nitrogens is 2. The molecule has 58 valence electrons. The molecule has 0 aliphatic rings. The average molecular weight is 142 g/mol. The van der Waals surface area contributed by atoms with Gasteiger partial charge in [-0.3, -0.25) is 4.68 Å². The minimum absolute atomic E-state index is 0.0286. The van der Waals surface area contributed by atoms with Crippen molar-refractivity contribution in [2.24, 2.45) is 7.05 Å². The van der Waals surface area contributed by atoms with Crippen molar-refractivity contribution in [3.05, 3.63) is 18.0 Å². The Morgan fingerprint density at radius 2 is 2.20 bits per heavy atom. The second-order valence-corrected chi connectivity index (χ2v) is 1.64. The van der Waals surface area contributed by atoms with E-state index in [1.54, 1.807) is 16.9 Å². The van der Waals surface area contributed by atoms with E-state index in [1.165, 1.54) is 0 Å². The maximum atomic E-state index is 8.48. The molecule has 3 heteroatoms. The summed E-state index contributed by atoms with van der Waals surface area (Å²) in [5, 5.41) is 12.4. The molecular weight excluding hydrogens is 128 g/mol. The van der Waals surface area contributed by atoms with E-state index in [1.807, 2.05) is 20.9 Å². The van der Waals surface area contributed by atoms with Crippen molar-refractivity contribution in [1.29, 1.82) is 0 Å². The van der Waals surface area contributed by atoms with Gasteiger partial charge in [0.05, 0.1) is 12.3 Å². The molecule has 1 aromatic heterocycles. The Balaban J connectivity index is 0.000000371. The zero-order chi connectivity index (χ0) is 7.98. The second-order valence-electron chi connectivity index (χ2n) is 1.64. The first-order valence-corrected chi connectivity index (χ1v) is 3.42. The number of aryl methyl sites for hydroxylation is 1. The van der Waals surface area contributed by atoms with Crippen LogP contribution in [0.25, 0.3) is 0 Å². The highest BCUT2D eigenvalue weighted by Crippen LogP contribution is 1.90. The summed E-state index contributed by atoms with van der Waals surface area (Å²) in [5.41, 5.74) is 0.715. The maximum Gasteiger partial charge on any atom is 0.0878 e. The Morgan fingerprint density at radius 3 is 2.40 bits per heavy atom. The summed E-state index contributed by atoms with van der Waals surface area (Å²) in [7, 11) is 1.82. The highest BCUT2D eigenvalue weighted by Gasteiger charge is 1.89. The molecule has 0 aliphatic heterocycles. The van der Waals surface area contributed by atoms with E-state index < -0.39 is 0 Å². The van der Waals surface area contributed by atoms with Crippen molar-refractivity contribution in [2.45, 2.75) is 20.5 Å². The molecule has 0 aromatic carbocycles. The number of rotatable bonds is 1. The van der Waals surface area contributed by atoms with Crippen LogP contribution in [0.4, 0.5) is 0 Å². The average Bonchev–Trinajstić information content (AvgIpc) is 2.40. The van der Waals surface area contributed by atoms with Crippen LogP contribution >= 0.6 is 0 Å². The molecule has 1 rings (SSSR count). The fraction of sp³-hybridized carbons (Fsp3) is 0.571. The zero-order valence-corrected chi connectivity index (χ0v) is 6.70. The van der Waals surface area contributed by atoms with Crippen LogP contribution in [-0.2, 0) is 13.7 Å². The van der Waals surface area contributed by atoms with E-state index in [2.05, 4.69) is 5.10 Å². The zero-order valence-electron chi connectivity index (χ0n) is 6.70. The molecule has 0 saturated carbocycles. The number of hydrogen-bond donors (Lipinski definition) is 1. The van der Waals surface area contributed by atoms with Gasteiger partial charge in [0.2, 0.25) is 0 Å². The maximum absolute atomic E-state index is 8.48. The van der Waals surface area contributed by atoms with Crippen LogP contribution in [-0.4, -0.2) is 14.9 Å². The van der Waals surface area contributed by atoms with Crippen molar-refractivity contribution in [1.82, 2.24) is 9.78 Å². The molecule has 1 N–H and O–H groups in total. The van der Waals surface area contributed by atoms with Gasteiger partial charge in [-0.05, 0) is 6.07 Å². The van der Waals surface area contributed by atoms with Crippen LogP contribution in [0, 0.1) is 0 Å². The Bertz CT molecular complexity index is 172. The Kier molecular flexibility index (Phi) is 4.58. The van der Waals surface area contributed by atoms with Gasteiger partial charge in [0.1, 0.15) is 0 Å². The number of hydrogen-bond acceptors (Lipinski definition) is 2. The summed E-state index contributed by atoms with van der Waals surface area (Å²) in [6, 6.07) is 1.78. The van der Waals surface area contributed by atoms with Crippen molar-refractivity contribution < 1.29 is 5.11 Å². The lowest BCUT2D eigenvalue weighted by Crippen LogP contribution is -1.89. The number of aliphatic hydroxyl groups excluding tert-OH is 1. The molecule has 1 heterocycles. The van der Waals surface area contributed by atoms with Crippen LogP contribution in [0.15, 0.2) is 12.3 Å². The molecule has 0 spiro atoms. The van der Waals surface area contributed by atoms with E-state index in [0.29, 0.717) is 5.69 Å². The highest BCUT2D eigenvalue weighted by atomic mass is 16.3. The highest BCUT2D eigenvalue weighted by molar-refractivity contribution is 4.95. The third-order valence-electron chi connectivity index (χ3n) is 0.931. The van der Waals surface area contributed by atoms with E-state index >= 15 is 0 Å². The summed E-state index contributed by atoms with van der Waals surface area (Å²) in [6.07, 6.45) is 1.80. The normalized spacial score (nSPS) is 8.40. The van der Waals surface area contributed by atoms with Gasteiger partial charge in [-0.25, -0.2) is 0 Å². The first kappa shape index (κ1) is 9.17. The van der Waals surface area contributed by atoms with Gasteiger partial charge in [0, 0.05) is 13.2 Å². The third-order valence-corrected chi connectivity index (χ3v) is 0.931. The molecule has 10 heavy (non-hydrogen) atoms. The van der Waals surface area contributed by atoms with Crippen LogP contribution in [0.2, 0.25) is 0 Å². The Hall–Kier alpha value is -0.830. The van der Waals surface area contributed by atoms with Gasteiger partial charge >= 0.3 is 0 Å². The van der Waals surface area contributed by atoms with Crippen molar-refractivity contribution in [3.8, 4) is 0 Å². The smallest absolute Gasteiger partial charge is 0.0878 e. The monoisotopic (exact) mass is 142 g/mol. The SMILES string of the molecule is CC.Cn1ccc(CO)n1. The third kappa shape index (κ3) is 2.64. The summed E-state index contributed by atoms with van der Waals surface area (Å²) < 4.78 is 1.66. The van der Waals surface area contributed by atoms with Crippen molar-refractivity contribution in [2.75, 3.05) is 0 Å². The van der Waals surface area contributed by atoms with Crippen molar-refractivity contribution >= 4 is 0 Å². The Labute approximate surface area is 61.3 Å².